The zero-order valence-electron chi connectivity index (χ0n) is 11.1. The summed E-state index contributed by atoms with van der Waals surface area (Å²) in [7, 11) is 1.67. The fourth-order valence-corrected chi connectivity index (χ4v) is 2.82. The van der Waals surface area contributed by atoms with Gasteiger partial charge in [-0.05, 0) is 6.92 Å². The first kappa shape index (κ1) is 14.2. The Kier molecular flexibility index (Phi) is 5.12. The van der Waals surface area contributed by atoms with Crippen molar-refractivity contribution >= 4 is 22.4 Å². The Balaban J connectivity index is 2.09. The molecule has 19 heavy (non-hydrogen) atoms. The minimum absolute atomic E-state index is 0.139. The maximum atomic E-state index is 11.6. The van der Waals surface area contributed by atoms with Crippen LogP contribution in [0.5, 0.6) is 0 Å². The number of thiazole rings is 1. The zero-order chi connectivity index (χ0) is 13.7. The van der Waals surface area contributed by atoms with E-state index < -0.39 is 0 Å². The van der Waals surface area contributed by atoms with E-state index in [1.807, 2.05) is 0 Å². The van der Waals surface area contributed by atoms with Gasteiger partial charge in [-0.2, -0.15) is 0 Å². The van der Waals surface area contributed by atoms with Crippen molar-refractivity contribution in [2.45, 2.75) is 13.0 Å². The molecule has 0 N–H and O–H groups in total. The number of ether oxygens (including phenoxy) is 3. The maximum Gasteiger partial charge on any atom is 0.357 e. The third kappa shape index (κ3) is 3.43. The average molecular weight is 286 g/mol. The summed E-state index contributed by atoms with van der Waals surface area (Å²) in [6, 6.07) is 0.139. The third-order valence-corrected chi connectivity index (χ3v) is 3.69. The van der Waals surface area contributed by atoms with E-state index in [0.717, 1.165) is 11.7 Å². The Morgan fingerprint density at radius 3 is 3.26 bits per heavy atom. The highest BCUT2D eigenvalue weighted by Crippen LogP contribution is 2.24. The van der Waals surface area contributed by atoms with Gasteiger partial charge in [0.2, 0.25) is 0 Å². The lowest BCUT2D eigenvalue weighted by Crippen LogP contribution is -2.48. The lowest BCUT2D eigenvalue weighted by Gasteiger charge is -2.34. The summed E-state index contributed by atoms with van der Waals surface area (Å²) < 4.78 is 15.6. The molecular formula is C12H18N2O4S. The van der Waals surface area contributed by atoms with Crippen molar-refractivity contribution in [3.05, 3.63) is 11.1 Å². The maximum absolute atomic E-state index is 11.6. The first-order valence-corrected chi connectivity index (χ1v) is 7.10. The van der Waals surface area contributed by atoms with Gasteiger partial charge in [0.05, 0.1) is 32.5 Å². The second kappa shape index (κ2) is 6.83. The molecular weight excluding hydrogens is 268 g/mol. The first-order chi connectivity index (χ1) is 9.26. The molecule has 0 aromatic carbocycles. The number of rotatable bonds is 5. The predicted octanol–water partition coefficient (Wildman–Crippen LogP) is 1.17. The number of carbonyl (C=O) groups is 1. The van der Waals surface area contributed by atoms with Crippen LogP contribution in [0.25, 0.3) is 0 Å². The van der Waals surface area contributed by atoms with E-state index in [9.17, 15) is 4.79 Å². The molecule has 2 heterocycles. The molecule has 1 unspecified atom stereocenters. The number of anilines is 1. The van der Waals surface area contributed by atoms with Crippen molar-refractivity contribution in [3.63, 3.8) is 0 Å². The van der Waals surface area contributed by atoms with E-state index in [1.165, 1.54) is 11.3 Å². The number of nitrogens with zero attached hydrogens (tertiary/aromatic N) is 2. The van der Waals surface area contributed by atoms with Crippen LogP contribution >= 0.6 is 11.3 Å². The lowest BCUT2D eigenvalue weighted by molar-refractivity contribution is 0.0519. The highest BCUT2D eigenvalue weighted by Gasteiger charge is 2.26. The minimum Gasteiger partial charge on any atom is -0.461 e. The smallest absolute Gasteiger partial charge is 0.357 e. The molecule has 2 rings (SSSR count). The van der Waals surface area contributed by atoms with Crippen molar-refractivity contribution in [1.29, 1.82) is 0 Å². The number of carbonyl (C=O) groups excluding carboxylic acids is 1. The number of morpholine rings is 1. The third-order valence-electron chi connectivity index (χ3n) is 2.81. The molecule has 1 atom stereocenters. The molecule has 1 fully saturated rings. The summed E-state index contributed by atoms with van der Waals surface area (Å²) in [4.78, 5) is 18.1. The van der Waals surface area contributed by atoms with Crippen LogP contribution in [-0.2, 0) is 14.2 Å². The quantitative estimate of drug-likeness (QED) is 0.757. The molecule has 0 saturated carbocycles. The molecule has 1 aromatic heterocycles. The first-order valence-electron chi connectivity index (χ1n) is 6.22. The predicted molar refractivity (Wildman–Crippen MR) is 71.9 cm³/mol. The summed E-state index contributed by atoms with van der Waals surface area (Å²) in [5, 5.41) is 2.54. The van der Waals surface area contributed by atoms with E-state index >= 15 is 0 Å². The number of hydrogen-bond acceptors (Lipinski definition) is 7. The van der Waals surface area contributed by atoms with Crippen LogP contribution in [0.15, 0.2) is 5.38 Å². The SMILES string of the molecule is CCOC(=O)c1csc(N2CCOCC2COC)n1. The molecule has 0 spiro atoms. The van der Waals surface area contributed by atoms with Gasteiger partial charge in [0, 0.05) is 19.0 Å². The van der Waals surface area contributed by atoms with Crippen LogP contribution in [0.1, 0.15) is 17.4 Å². The Labute approximate surface area is 116 Å². The Bertz CT molecular complexity index is 422. The lowest BCUT2D eigenvalue weighted by atomic mass is 10.2. The monoisotopic (exact) mass is 286 g/mol. The molecule has 6 nitrogen and oxygen atoms in total. The molecule has 1 aliphatic rings. The number of methoxy groups -OCH3 is 1. The molecule has 1 aliphatic heterocycles. The highest BCUT2D eigenvalue weighted by atomic mass is 32.1. The number of aromatic nitrogens is 1. The van der Waals surface area contributed by atoms with Crippen molar-refractivity contribution in [1.82, 2.24) is 4.98 Å². The van der Waals surface area contributed by atoms with E-state index in [-0.39, 0.29) is 12.0 Å². The second-order valence-electron chi connectivity index (χ2n) is 4.11. The van der Waals surface area contributed by atoms with Gasteiger partial charge in [-0.3, -0.25) is 0 Å². The Morgan fingerprint density at radius 1 is 1.68 bits per heavy atom. The second-order valence-corrected chi connectivity index (χ2v) is 4.95. The van der Waals surface area contributed by atoms with Crippen molar-refractivity contribution in [3.8, 4) is 0 Å². The standard InChI is InChI=1S/C12H18N2O4S/c1-3-18-11(15)10-8-19-12(13-10)14-4-5-17-7-9(14)6-16-2/h8-9H,3-7H2,1-2H3. The molecule has 0 radical (unpaired) electrons. The van der Waals surface area contributed by atoms with Gasteiger partial charge in [0.1, 0.15) is 0 Å². The van der Waals surface area contributed by atoms with Gasteiger partial charge >= 0.3 is 5.97 Å². The van der Waals surface area contributed by atoms with Gasteiger partial charge in [-0.25, -0.2) is 9.78 Å². The zero-order valence-corrected chi connectivity index (χ0v) is 11.9. The van der Waals surface area contributed by atoms with E-state index in [1.54, 1.807) is 19.4 Å². The summed E-state index contributed by atoms with van der Waals surface area (Å²) in [6.45, 7) is 4.74. The van der Waals surface area contributed by atoms with Crippen LogP contribution in [0.4, 0.5) is 5.13 Å². The van der Waals surface area contributed by atoms with Crippen LogP contribution in [0.2, 0.25) is 0 Å². The summed E-state index contributed by atoms with van der Waals surface area (Å²) in [5.74, 6) is -0.374. The number of hydrogen-bond donors (Lipinski definition) is 0. The average Bonchev–Trinajstić information content (AvgIpc) is 2.90. The van der Waals surface area contributed by atoms with Crippen LogP contribution in [0.3, 0.4) is 0 Å². The largest absolute Gasteiger partial charge is 0.461 e. The minimum atomic E-state index is -0.374. The fourth-order valence-electron chi connectivity index (χ4n) is 1.93. The summed E-state index contributed by atoms with van der Waals surface area (Å²) >= 11 is 1.44. The van der Waals surface area contributed by atoms with Crippen LogP contribution in [-0.4, -0.2) is 57.1 Å². The molecule has 1 saturated heterocycles. The molecule has 0 amide bonds. The van der Waals surface area contributed by atoms with Crippen molar-refractivity contribution < 1.29 is 19.0 Å². The van der Waals surface area contributed by atoms with Crippen molar-refractivity contribution in [2.24, 2.45) is 0 Å². The number of esters is 1. The summed E-state index contributed by atoms with van der Waals surface area (Å²) in [5.41, 5.74) is 0.365. The molecule has 7 heteroatoms. The highest BCUT2D eigenvalue weighted by molar-refractivity contribution is 7.13. The topological polar surface area (TPSA) is 60.9 Å². The van der Waals surface area contributed by atoms with Crippen LogP contribution in [0, 0.1) is 0 Å². The fraction of sp³-hybridized carbons (Fsp3) is 0.667. The Morgan fingerprint density at radius 2 is 2.53 bits per heavy atom. The van der Waals surface area contributed by atoms with Gasteiger partial charge in [-0.1, -0.05) is 0 Å². The summed E-state index contributed by atoms with van der Waals surface area (Å²) in [6.07, 6.45) is 0. The van der Waals surface area contributed by atoms with Gasteiger partial charge in [0.25, 0.3) is 0 Å². The van der Waals surface area contributed by atoms with Crippen molar-refractivity contribution in [2.75, 3.05) is 45.0 Å². The van der Waals surface area contributed by atoms with Gasteiger partial charge in [0.15, 0.2) is 10.8 Å². The Hall–Kier alpha value is -1.18. The van der Waals surface area contributed by atoms with Gasteiger partial charge < -0.3 is 19.1 Å². The van der Waals surface area contributed by atoms with E-state index in [0.29, 0.717) is 32.1 Å². The molecule has 1 aromatic rings. The van der Waals surface area contributed by atoms with E-state index in [4.69, 9.17) is 14.2 Å². The molecule has 106 valence electrons. The normalized spacial score (nSPS) is 19.5. The van der Waals surface area contributed by atoms with Gasteiger partial charge in [-0.15, -0.1) is 11.3 Å². The molecule has 0 aliphatic carbocycles. The van der Waals surface area contributed by atoms with Crippen LogP contribution < -0.4 is 4.90 Å². The molecule has 0 bridgehead atoms. The van der Waals surface area contributed by atoms with E-state index in [2.05, 4.69) is 9.88 Å².